The molecule has 0 aliphatic heterocycles. The lowest BCUT2D eigenvalue weighted by Crippen LogP contribution is -2.11. The molecule has 18 heavy (non-hydrogen) atoms. The minimum atomic E-state index is -3.68. The Morgan fingerprint density at radius 1 is 1.11 bits per heavy atom. The maximum absolute atomic E-state index is 11.1. The second kappa shape index (κ2) is 4.35. The van der Waals surface area contributed by atoms with Crippen LogP contribution < -0.4 is 10.9 Å². The molecule has 0 fully saturated rings. The molecule has 0 aliphatic carbocycles. The molecule has 1 aromatic carbocycles. The lowest BCUT2D eigenvalue weighted by Gasteiger charge is -2.04. The molecular formula is C11H12N4O2S. The van der Waals surface area contributed by atoms with Crippen LogP contribution in [-0.4, -0.2) is 18.4 Å². The van der Waals surface area contributed by atoms with E-state index in [1.54, 1.807) is 25.1 Å². The molecule has 0 amide bonds. The third-order valence-electron chi connectivity index (χ3n) is 2.35. The second-order valence-corrected chi connectivity index (χ2v) is 5.38. The van der Waals surface area contributed by atoms with Crippen molar-refractivity contribution in [3.05, 3.63) is 36.0 Å². The molecule has 2 aromatic rings. The molecule has 4 N–H and O–H groups in total. The molecule has 0 bridgehead atoms. The van der Waals surface area contributed by atoms with Crippen molar-refractivity contribution in [1.29, 1.82) is 0 Å². The molecule has 94 valence electrons. The van der Waals surface area contributed by atoms with Gasteiger partial charge in [-0.3, -0.25) is 0 Å². The number of nitrogens with two attached hydrogens (primary N) is 2. The zero-order valence-electron chi connectivity index (χ0n) is 9.66. The van der Waals surface area contributed by atoms with Crippen molar-refractivity contribution in [3.63, 3.8) is 0 Å². The standard InChI is InChI=1S/C11H12N4O2S/c1-7-6-10(15-11(12)14-7)8-2-4-9(5-3-8)18(13,16)17/h2-6H,1H3,(H2,12,14,15)(H2,13,16,17). The van der Waals surface area contributed by atoms with Crippen molar-refractivity contribution >= 4 is 16.0 Å². The summed E-state index contributed by atoms with van der Waals surface area (Å²) in [6.07, 6.45) is 0. The van der Waals surface area contributed by atoms with Gasteiger partial charge in [-0.2, -0.15) is 0 Å². The largest absolute Gasteiger partial charge is 0.368 e. The Morgan fingerprint density at radius 2 is 1.72 bits per heavy atom. The van der Waals surface area contributed by atoms with Gasteiger partial charge in [0.25, 0.3) is 0 Å². The van der Waals surface area contributed by atoms with Crippen LogP contribution in [0.3, 0.4) is 0 Å². The van der Waals surface area contributed by atoms with Gasteiger partial charge in [0.2, 0.25) is 16.0 Å². The van der Waals surface area contributed by atoms with Gasteiger partial charge in [-0.15, -0.1) is 0 Å². The summed E-state index contributed by atoms with van der Waals surface area (Å²) >= 11 is 0. The van der Waals surface area contributed by atoms with Gasteiger partial charge < -0.3 is 5.73 Å². The number of sulfonamides is 1. The number of aromatic nitrogens is 2. The summed E-state index contributed by atoms with van der Waals surface area (Å²) in [7, 11) is -3.68. The third kappa shape index (κ3) is 2.63. The zero-order chi connectivity index (χ0) is 13.3. The van der Waals surface area contributed by atoms with Gasteiger partial charge in [0.1, 0.15) is 0 Å². The van der Waals surface area contributed by atoms with Crippen LogP contribution >= 0.6 is 0 Å². The van der Waals surface area contributed by atoms with Gasteiger partial charge in [0.15, 0.2) is 0 Å². The molecule has 2 rings (SSSR count). The van der Waals surface area contributed by atoms with E-state index in [0.29, 0.717) is 5.69 Å². The summed E-state index contributed by atoms with van der Waals surface area (Å²) in [5.41, 5.74) is 7.69. The van der Waals surface area contributed by atoms with Gasteiger partial charge in [0, 0.05) is 11.3 Å². The first kappa shape index (κ1) is 12.5. The molecular weight excluding hydrogens is 252 g/mol. The average molecular weight is 264 g/mol. The maximum Gasteiger partial charge on any atom is 0.238 e. The van der Waals surface area contributed by atoms with Gasteiger partial charge in [0.05, 0.1) is 10.6 Å². The Morgan fingerprint density at radius 3 is 2.22 bits per heavy atom. The van der Waals surface area contributed by atoms with Crippen LogP contribution in [0.4, 0.5) is 5.95 Å². The van der Waals surface area contributed by atoms with Crippen LogP contribution in [0, 0.1) is 6.92 Å². The fraction of sp³-hybridized carbons (Fsp3) is 0.0909. The minimum Gasteiger partial charge on any atom is -0.368 e. The van der Waals surface area contributed by atoms with Crippen LogP contribution in [0.15, 0.2) is 35.2 Å². The van der Waals surface area contributed by atoms with E-state index in [0.717, 1.165) is 11.3 Å². The van der Waals surface area contributed by atoms with Gasteiger partial charge in [-0.25, -0.2) is 23.5 Å². The van der Waals surface area contributed by atoms with Gasteiger partial charge in [-0.05, 0) is 25.1 Å². The van der Waals surface area contributed by atoms with E-state index >= 15 is 0 Å². The van der Waals surface area contributed by atoms with E-state index in [1.807, 2.05) is 0 Å². The fourth-order valence-electron chi connectivity index (χ4n) is 1.55. The molecule has 7 heteroatoms. The summed E-state index contributed by atoms with van der Waals surface area (Å²) in [4.78, 5) is 8.11. The highest BCUT2D eigenvalue weighted by Gasteiger charge is 2.08. The Kier molecular flexibility index (Phi) is 3.02. The molecule has 6 nitrogen and oxygen atoms in total. The smallest absolute Gasteiger partial charge is 0.238 e. The van der Waals surface area contributed by atoms with E-state index in [4.69, 9.17) is 10.9 Å². The Bertz CT molecular complexity index is 660. The first-order valence-corrected chi connectivity index (χ1v) is 6.65. The molecule has 0 aliphatic rings. The lowest BCUT2D eigenvalue weighted by molar-refractivity contribution is 0.598. The molecule has 0 unspecified atom stereocenters. The first-order chi connectivity index (χ1) is 8.36. The number of benzene rings is 1. The summed E-state index contributed by atoms with van der Waals surface area (Å²) in [6.45, 7) is 1.81. The van der Waals surface area contributed by atoms with Crippen LogP contribution in [0.5, 0.6) is 0 Å². The fourth-order valence-corrected chi connectivity index (χ4v) is 2.07. The van der Waals surface area contributed by atoms with Crippen molar-refractivity contribution in [1.82, 2.24) is 9.97 Å². The molecule has 0 radical (unpaired) electrons. The van der Waals surface area contributed by atoms with Gasteiger partial charge >= 0.3 is 0 Å². The van der Waals surface area contributed by atoms with Crippen LogP contribution in [0.25, 0.3) is 11.3 Å². The number of rotatable bonds is 2. The molecule has 0 atom stereocenters. The zero-order valence-corrected chi connectivity index (χ0v) is 10.5. The summed E-state index contributed by atoms with van der Waals surface area (Å²) in [5, 5.41) is 5.02. The lowest BCUT2D eigenvalue weighted by atomic mass is 10.1. The summed E-state index contributed by atoms with van der Waals surface area (Å²) in [5.74, 6) is 0.181. The third-order valence-corrected chi connectivity index (χ3v) is 3.28. The molecule has 1 heterocycles. The molecule has 0 saturated heterocycles. The average Bonchev–Trinajstić information content (AvgIpc) is 2.27. The van der Waals surface area contributed by atoms with E-state index in [-0.39, 0.29) is 10.8 Å². The topological polar surface area (TPSA) is 112 Å². The second-order valence-electron chi connectivity index (χ2n) is 3.82. The Hall–Kier alpha value is -1.99. The Labute approximate surface area is 105 Å². The minimum absolute atomic E-state index is 0.0602. The molecule has 0 saturated carbocycles. The van der Waals surface area contributed by atoms with Crippen LogP contribution in [-0.2, 0) is 10.0 Å². The number of hydrogen-bond donors (Lipinski definition) is 2. The number of nitrogens with zero attached hydrogens (tertiary/aromatic N) is 2. The number of hydrogen-bond acceptors (Lipinski definition) is 5. The van der Waals surface area contributed by atoms with Crippen molar-refractivity contribution < 1.29 is 8.42 Å². The monoisotopic (exact) mass is 264 g/mol. The summed E-state index contributed by atoms with van der Waals surface area (Å²) < 4.78 is 22.2. The van der Waals surface area contributed by atoms with Crippen LogP contribution in [0.1, 0.15) is 5.69 Å². The Balaban J connectivity index is 2.46. The number of nitrogen functional groups attached to an aromatic ring is 1. The number of anilines is 1. The number of aryl methyl sites for hydroxylation is 1. The predicted molar refractivity (Wildman–Crippen MR) is 68.0 cm³/mol. The highest BCUT2D eigenvalue weighted by molar-refractivity contribution is 7.89. The van der Waals surface area contributed by atoms with Crippen molar-refractivity contribution in [2.45, 2.75) is 11.8 Å². The van der Waals surface area contributed by atoms with Crippen molar-refractivity contribution in [2.75, 3.05) is 5.73 Å². The molecule has 0 spiro atoms. The normalized spacial score (nSPS) is 11.4. The van der Waals surface area contributed by atoms with Crippen molar-refractivity contribution in [3.8, 4) is 11.3 Å². The highest BCUT2D eigenvalue weighted by Crippen LogP contribution is 2.20. The number of primary sulfonamides is 1. The van der Waals surface area contributed by atoms with Crippen molar-refractivity contribution in [2.24, 2.45) is 5.14 Å². The van der Waals surface area contributed by atoms with E-state index in [9.17, 15) is 8.42 Å². The maximum atomic E-state index is 11.1. The predicted octanol–water partition coefficient (Wildman–Crippen LogP) is 0.682. The van der Waals surface area contributed by atoms with Crippen LogP contribution in [0.2, 0.25) is 0 Å². The van der Waals surface area contributed by atoms with Gasteiger partial charge in [-0.1, -0.05) is 12.1 Å². The SMILES string of the molecule is Cc1cc(-c2ccc(S(N)(=O)=O)cc2)nc(N)n1. The molecule has 1 aromatic heterocycles. The highest BCUT2D eigenvalue weighted by atomic mass is 32.2. The quantitative estimate of drug-likeness (QED) is 0.828. The summed E-state index contributed by atoms with van der Waals surface area (Å²) in [6, 6.07) is 7.88. The van der Waals surface area contributed by atoms with E-state index < -0.39 is 10.0 Å². The van der Waals surface area contributed by atoms with E-state index in [1.165, 1.54) is 12.1 Å². The van der Waals surface area contributed by atoms with E-state index in [2.05, 4.69) is 9.97 Å². The first-order valence-electron chi connectivity index (χ1n) is 5.10.